The molecule has 0 radical (unpaired) electrons. The van der Waals surface area contributed by atoms with Gasteiger partial charge in [0.05, 0.1) is 0 Å². The van der Waals surface area contributed by atoms with E-state index in [4.69, 9.17) is 25.8 Å². The van der Waals surface area contributed by atoms with Gasteiger partial charge in [0, 0.05) is 22.7 Å². The van der Waals surface area contributed by atoms with Crippen molar-refractivity contribution in [2.75, 3.05) is 19.6 Å². The van der Waals surface area contributed by atoms with Crippen LogP contribution in [0.25, 0.3) is 0 Å². The number of hydrogen-bond donors (Lipinski definition) is 0. The normalized spacial score (nSPS) is 26.9. The minimum absolute atomic E-state index is 0. The van der Waals surface area contributed by atoms with Crippen LogP contribution in [0.4, 0.5) is 0 Å². The molecule has 2 saturated heterocycles. The van der Waals surface area contributed by atoms with Crippen LogP contribution in [0.1, 0.15) is 36.2 Å². The van der Waals surface area contributed by atoms with E-state index in [1.165, 1.54) is 12.8 Å². The second-order valence-electron chi connectivity index (χ2n) is 6.87. The van der Waals surface area contributed by atoms with E-state index in [9.17, 15) is 0 Å². The quantitative estimate of drug-likeness (QED) is 0.708. The van der Waals surface area contributed by atoms with Crippen molar-refractivity contribution in [3.8, 4) is 11.5 Å². The molecule has 3 heterocycles. The topological polar surface area (TPSA) is 30.9 Å². The third kappa shape index (κ3) is 3.21. The fourth-order valence-electron chi connectivity index (χ4n) is 4.00. The Kier molecular flexibility index (Phi) is 5.13. The highest BCUT2D eigenvalue weighted by Crippen LogP contribution is 2.52. The fraction of sp³-hybridized carbons (Fsp3) is 0.400. The Labute approximate surface area is 164 Å². The lowest BCUT2D eigenvalue weighted by Gasteiger charge is -2.20. The van der Waals surface area contributed by atoms with Crippen molar-refractivity contribution in [3.05, 3.63) is 58.6 Å². The number of benzene rings is 2. The van der Waals surface area contributed by atoms with Crippen molar-refractivity contribution in [1.82, 2.24) is 4.90 Å². The van der Waals surface area contributed by atoms with Crippen LogP contribution in [0.3, 0.4) is 0 Å². The van der Waals surface area contributed by atoms with Crippen LogP contribution in [-0.4, -0.2) is 30.8 Å². The molecule has 4 nitrogen and oxygen atoms in total. The Hall–Kier alpha value is -1.30. The highest BCUT2D eigenvalue weighted by atomic mass is 35.5. The Morgan fingerprint density at radius 3 is 2.42 bits per heavy atom. The predicted molar refractivity (Wildman–Crippen MR) is 102 cm³/mol. The summed E-state index contributed by atoms with van der Waals surface area (Å²) in [6.07, 6.45) is 1.91. The Morgan fingerprint density at radius 1 is 0.923 bits per heavy atom. The molecule has 0 bridgehead atoms. The summed E-state index contributed by atoms with van der Waals surface area (Å²) < 4.78 is 18.8. The van der Waals surface area contributed by atoms with Crippen LogP contribution in [0, 0.1) is 0 Å². The molecule has 3 unspecified atom stereocenters. The van der Waals surface area contributed by atoms with E-state index in [0.717, 1.165) is 42.3 Å². The Balaban J connectivity index is 0.00000168. The summed E-state index contributed by atoms with van der Waals surface area (Å²) >= 11 is 6.25. The maximum Gasteiger partial charge on any atom is 0.172 e. The van der Waals surface area contributed by atoms with Crippen LogP contribution < -0.4 is 4.74 Å². The lowest BCUT2D eigenvalue weighted by Crippen LogP contribution is -2.30. The number of para-hydroxylation sites is 1. The SMILES string of the molecule is Cl.Clc1ccc2c(c1)C1OC(CN3CCCC3)OC1c1ccccc1O2. The van der Waals surface area contributed by atoms with E-state index in [2.05, 4.69) is 11.0 Å². The van der Waals surface area contributed by atoms with Crippen molar-refractivity contribution in [2.45, 2.75) is 31.3 Å². The molecule has 0 spiro atoms. The monoisotopic (exact) mass is 393 g/mol. The Morgan fingerprint density at radius 2 is 1.62 bits per heavy atom. The lowest BCUT2D eigenvalue weighted by molar-refractivity contribution is -0.0818. The van der Waals surface area contributed by atoms with Crippen molar-refractivity contribution in [1.29, 1.82) is 0 Å². The van der Waals surface area contributed by atoms with Crippen LogP contribution in [0.15, 0.2) is 42.5 Å². The highest BCUT2D eigenvalue weighted by Gasteiger charge is 2.43. The number of fused-ring (bicyclic) bond motifs is 5. The third-order valence-corrected chi connectivity index (χ3v) is 5.44. The standard InChI is InChI=1S/C20H20ClNO3.ClH/c21-13-7-8-17-15(11-13)20-19(14-5-1-2-6-16(14)23-17)24-18(25-20)12-22-9-3-4-10-22;/h1-2,5-8,11,18-20H,3-4,9-10,12H2;1H. The van der Waals surface area contributed by atoms with Crippen LogP contribution in [0.5, 0.6) is 11.5 Å². The van der Waals surface area contributed by atoms with E-state index in [1.807, 2.05) is 36.4 Å². The van der Waals surface area contributed by atoms with E-state index in [0.29, 0.717) is 5.02 Å². The van der Waals surface area contributed by atoms with Gasteiger partial charge in [-0.15, -0.1) is 12.4 Å². The van der Waals surface area contributed by atoms with Gasteiger partial charge in [-0.25, -0.2) is 0 Å². The first-order valence-electron chi connectivity index (χ1n) is 8.87. The van der Waals surface area contributed by atoms with Crippen molar-refractivity contribution in [3.63, 3.8) is 0 Å². The second-order valence-corrected chi connectivity index (χ2v) is 7.31. The van der Waals surface area contributed by atoms with Gasteiger partial charge in [0.1, 0.15) is 23.7 Å². The zero-order chi connectivity index (χ0) is 16.8. The zero-order valence-electron chi connectivity index (χ0n) is 14.3. The summed E-state index contributed by atoms with van der Waals surface area (Å²) in [5, 5.41) is 0.679. The Bertz CT molecular complexity index is 794. The molecular formula is C20H21Cl2NO3. The van der Waals surface area contributed by atoms with E-state index in [1.54, 1.807) is 0 Å². The number of hydrogen-bond acceptors (Lipinski definition) is 4. The van der Waals surface area contributed by atoms with Crippen LogP contribution in [0.2, 0.25) is 5.02 Å². The van der Waals surface area contributed by atoms with Crippen molar-refractivity contribution < 1.29 is 14.2 Å². The van der Waals surface area contributed by atoms with Gasteiger partial charge < -0.3 is 14.2 Å². The van der Waals surface area contributed by atoms with E-state index < -0.39 is 0 Å². The fourth-order valence-corrected chi connectivity index (χ4v) is 4.18. The van der Waals surface area contributed by atoms with Gasteiger partial charge >= 0.3 is 0 Å². The van der Waals surface area contributed by atoms with Gasteiger partial charge in [0.25, 0.3) is 0 Å². The summed E-state index contributed by atoms with van der Waals surface area (Å²) in [5.74, 6) is 1.61. The van der Waals surface area contributed by atoms with Gasteiger partial charge in [0.15, 0.2) is 6.29 Å². The van der Waals surface area contributed by atoms with Crippen LogP contribution in [-0.2, 0) is 9.47 Å². The molecular weight excluding hydrogens is 373 g/mol. The molecule has 2 aromatic rings. The third-order valence-electron chi connectivity index (χ3n) is 5.20. The van der Waals surface area contributed by atoms with Gasteiger partial charge in [-0.1, -0.05) is 29.8 Å². The minimum atomic E-state index is -0.230. The first-order chi connectivity index (χ1) is 12.3. The number of ether oxygens (including phenoxy) is 3. The summed E-state index contributed by atoms with van der Waals surface area (Å²) in [4.78, 5) is 2.41. The molecule has 138 valence electrons. The average molecular weight is 394 g/mol. The van der Waals surface area contributed by atoms with E-state index in [-0.39, 0.29) is 30.9 Å². The van der Waals surface area contributed by atoms with Crippen molar-refractivity contribution >= 4 is 24.0 Å². The molecule has 0 amide bonds. The molecule has 0 aliphatic carbocycles. The molecule has 3 aliphatic rings. The van der Waals surface area contributed by atoms with Crippen molar-refractivity contribution in [2.24, 2.45) is 0 Å². The largest absolute Gasteiger partial charge is 0.457 e. The molecule has 6 heteroatoms. The number of rotatable bonds is 2. The summed E-state index contributed by atoms with van der Waals surface area (Å²) in [6, 6.07) is 13.7. The lowest BCUT2D eigenvalue weighted by atomic mass is 9.98. The minimum Gasteiger partial charge on any atom is -0.457 e. The molecule has 0 saturated carbocycles. The maximum absolute atomic E-state index is 6.34. The molecule has 0 N–H and O–H groups in total. The molecule has 2 aromatic carbocycles. The predicted octanol–water partition coefficient (Wildman–Crippen LogP) is 5.12. The maximum atomic E-state index is 6.34. The summed E-state index contributed by atoms with van der Waals surface area (Å²) in [6.45, 7) is 3.06. The number of nitrogens with zero attached hydrogens (tertiary/aromatic N) is 1. The molecule has 26 heavy (non-hydrogen) atoms. The molecule has 3 atom stereocenters. The average Bonchev–Trinajstić information content (AvgIpc) is 3.25. The first-order valence-corrected chi connectivity index (χ1v) is 9.25. The van der Waals surface area contributed by atoms with E-state index >= 15 is 0 Å². The molecule has 2 fully saturated rings. The van der Waals surface area contributed by atoms with Gasteiger partial charge in [-0.2, -0.15) is 0 Å². The second kappa shape index (κ2) is 7.37. The van der Waals surface area contributed by atoms with Gasteiger partial charge in [0.2, 0.25) is 0 Å². The summed E-state index contributed by atoms with van der Waals surface area (Å²) in [7, 11) is 0. The molecule has 3 aliphatic heterocycles. The first kappa shape index (κ1) is 18.1. The highest BCUT2D eigenvalue weighted by molar-refractivity contribution is 6.30. The number of likely N-dealkylation sites (tertiary alicyclic amines) is 1. The van der Waals surface area contributed by atoms with Gasteiger partial charge in [-0.3, -0.25) is 4.90 Å². The molecule has 0 aromatic heterocycles. The molecule has 5 rings (SSSR count). The van der Waals surface area contributed by atoms with Crippen LogP contribution >= 0.6 is 24.0 Å². The zero-order valence-corrected chi connectivity index (χ0v) is 15.8. The smallest absolute Gasteiger partial charge is 0.172 e. The summed E-state index contributed by atoms with van der Waals surface area (Å²) in [5.41, 5.74) is 1.99. The number of halogens is 2. The van der Waals surface area contributed by atoms with Gasteiger partial charge in [-0.05, 0) is 50.2 Å².